The van der Waals surface area contributed by atoms with Crippen LogP contribution in [0.2, 0.25) is 0 Å². The van der Waals surface area contributed by atoms with E-state index in [1.54, 1.807) is 0 Å². The molecule has 0 spiro atoms. The molecule has 0 amide bonds. The van der Waals surface area contributed by atoms with E-state index >= 15 is 0 Å². The molecule has 0 aromatic carbocycles. The van der Waals surface area contributed by atoms with Crippen molar-refractivity contribution in [3.05, 3.63) is 6.92 Å². The molecule has 0 saturated carbocycles. The van der Waals surface area contributed by atoms with Crippen LogP contribution in [0.15, 0.2) is 0 Å². The van der Waals surface area contributed by atoms with Crippen molar-refractivity contribution >= 4 is 0 Å². The predicted octanol–water partition coefficient (Wildman–Crippen LogP) is 2.01. The summed E-state index contributed by atoms with van der Waals surface area (Å²) in [6.07, 6.45) is 3.65. The minimum atomic E-state index is 0. The van der Waals surface area contributed by atoms with Crippen LogP contribution in [0.25, 0.3) is 0 Å². The third-order valence-corrected chi connectivity index (χ3v) is 0.604. The van der Waals surface area contributed by atoms with E-state index in [4.69, 9.17) is 0 Å². The zero-order valence-electron chi connectivity index (χ0n) is 4.33. The van der Waals surface area contributed by atoms with E-state index in [1.807, 2.05) is 0 Å². The van der Waals surface area contributed by atoms with Crippen LogP contribution in [0.1, 0.15) is 26.2 Å². The molecule has 0 unspecified atom stereocenters. The van der Waals surface area contributed by atoms with Crippen molar-refractivity contribution in [3.63, 3.8) is 0 Å². The van der Waals surface area contributed by atoms with Crippen LogP contribution in [0.5, 0.6) is 0 Å². The summed E-state index contributed by atoms with van der Waals surface area (Å²) in [5.74, 6) is 0. The Hall–Kier alpha value is 0.714. The Morgan fingerprint density at radius 3 is 2.00 bits per heavy atom. The van der Waals surface area contributed by atoms with Crippen LogP contribution >= 0.6 is 0 Å². The molecular weight excluding hydrogens is 108 g/mol. The van der Waals surface area contributed by atoms with Crippen molar-refractivity contribution in [2.45, 2.75) is 26.2 Å². The standard InChI is InChI=1S/C5H11.Ti/c1-3-5-4-2;/h1,3-5H2,2H3;/q-1;. The summed E-state index contributed by atoms with van der Waals surface area (Å²) < 4.78 is 0. The van der Waals surface area contributed by atoms with Gasteiger partial charge in [-0.25, -0.2) is 0 Å². The van der Waals surface area contributed by atoms with Crippen molar-refractivity contribution in [1.82, 2.24) is 0 Å². The smallest absolute Gasteiger partial charge is 0 e. The molecule has 0 atom stereocenters. The number of unbranched alkanes of at least 4 members (excludes halogenated alkanes) is 2. The minimum absolute atomic E-state index is 0. The maximum Gasteiger partial charge on any atom is 0 e. The fourth-order valence-corrected chi connectivity index (χ4v) is 0.250. The average molecular weight is 119 g/mol. The molecular formula is C5H11Ti-. The predicted molar refractivity (Wildman–Crippen MR) is 24.9 cm³/mol. The fourth-order valence-electron chi connectivity index (χ4n) is 0.250. The van der Waals surface area contributed by atoms with Gasteiger partial charge in [-0.1, -0.05) is 19.8 Å². The van der Waals surface area contributed by atoms with E-state index in [1.165, 1.54) is 12.8 Å². The van der Waals surface area contributed by atoms with Crippen molar-refractivity contribution in [3.8, 4) is 0 Å². The van der Waals surface area contributed by atoms with Crippen molar-refractivity contribution in [1.29, 1.82) is 0 Å². The summed E-state index contributed by atoms with van der Waals surface area (Å²) in [5.41, 5.74) is 0. The third-order valence-electron chi connectivity index (χ3n) is 0.604. The minimum Gasteiger partial charge on any atom is -0.343 e. The van der Waals surface area contributed by atoms with Crippen LogP contribution in [-0.4, -0.2) is 0 Å². The first-order valence-corrected chi connectivity index (χ1v) is 2.21. The Kier molecular flexibility index (Phi) is 15.1. The normalized spacial score (nSPS) is 7.00. The van der Waals surface area contributed by atoms with Gasteiger partial charge in [0.25, 0.3) is 0 Å². The number of hydrogen-bond donors (Lipinski definition) is 0. The molecule has 0 radical (unpaired) electrons. The Morgan fingerprint density at radius 1 is 1.50 bits per heavy atom. The monoisotopic (exact) mass is 119 g/mol. The molecule has 6 heavy (non-hydrogen) atoms. The van der Waals surface area contributed by atoms with Crippen LogP contribution in [0, 0.1) is 6.92 Å². The van der Waals surface area contributed by atoms with E-state index in [0.29, 0.717) is 0 Å². The largest absolute Gasteiger partial charge is 0.343 e. The van der Waals surface area contributed by atoms with Gasteiger partial charge in [-0.05, 0) is 0 Å². The van der Waals surface area contributed by atoms with E-state index in [-0.39, 0.29) is 21.7 Å². The molecule has 0 N–H and O–H groups in total. The summed E-state index contributed by atoms with van der Waals surface area (Å²) in [6, 6.07) is 0. The maximum absolute atomic E-state index is 3.68. The quantitative estimate of drug-likeness (QED) is 0.385. The zero-order valence-corrected chi connectivity index (χ0v) is 5.89. The van der Waals surface area contributed by atoms with Crippen LogP contribution in [0.3, 0.4) is 0 Å². The summed E-state index contributed by atoms with van der Waals surface area (Å²) in [5, 5.41) is 0. The van der Waals surface area contributed by atoms with Gasteiger partial charge >= 0.3 is 0 Å². The molecule has 0 heterocycles. The molecule has 0 aliphatic carbocycles. The summed E-state index contributed by atoms with van der Waals surface area (Å²) in [6.45, 7) is 5.85. The Bertz CT molecular complexity index is 11.4. The molecule has 0 aliphatic rings. The Morgan fingerprint density at radius 2 is 2.00 bits per heavy atom. The maximum atomic E-state index is 3.68. The second kappa shape index (κ2) is 9.21. The molecule has 0 aromatic heterocycles. The Labute approximate surface area is 55.2 Å². The second-order valence-electron chi connectivity index (χ2n) is 1.21. The van der Waals surface area contributed by atoms with Gasteiger partial charge in [-0.3, -0.25) is 0 Å². The second-order valence-corrected chi connectivity index (χ2v) is 1.21. The molecule has 0 aromatic rings. The van der Waals surface area contributed by atoms with Crippen LogP contribution < -0.4 is 0 Å². The van der Waals surface area contributed by atoms with Gasteiger partial charge in [0, 0.05) is 21.7 Å². The summed E-state index contributed by atoms with van der Waals surface area (Å²) in [4.78, 5) is 0. The third kappa shape index (κ3) is 8.83. The van der Waals surface area contributed by atoms with Gasteiger partial charge in [0.2, 0.25) is 0 Å². The van der Waals surface area contributed by atoms with Gasteiger partial charge in [-0.15, -0.1) is 0 Å². The molecule has 0 fully saturated rings. The summed E-state index contributed by atoms with van der Waals surface area (Å²) >= 11 is 0. The van der Waals surface area contributed by atoms with Gasteiger partial charge < -0.3 is 6.92 Å². The zero-order chi connectivity index (χ0) is 4.12. The van der Waals surface area contributed by atoms with Gasteiger partial charge in [0.1, 0.15) is 0 Å². The Balaban J connectivity index is 0. The molecule has 36 valence electrons. The van der Waals surface area contributed by atoms with E-state index in [0.717, 1.165) is 6.42 Å². The van der Waals surface area contributed by atoms with E-state index in [2.05, 4.69) is 13.8 Å². The van der Waals surface area contributed by atoms with Crippen molar-refractivity contribution in [2.24, 2.45) is 0 Å². The first-order chi connectivity index (χ1) is 2.41. The number of rotatable bonds is 2. The first kappa shape index (κ1) is 9.86. The van der Waals surface area contributed by atoms with Crippen molar-refractivity contribution < 1.29 is 21.7 Å². The molecule has 0 aliphatic heterocycles. The SMILES string of the molecule is [CH2-]CCCC.[Ti]. The molecule has 0 saturated heterocycles. The molecule has 0 rings (SSSR count). The van der Waals surface area contributed by atoms with Gasteiger partial charge in [-0.2, -0.15) is 6.42 Å². The molecule has 0 nitrogen and oxygen atoms in total. The topological polar surface area (TPSA) is 0 Å². The van der Waals surface area contributed by atoms with Gasteiger partial charge in [0.05, 0.1) is 0 Å². The summed E-state index contributed by atoms with van der Waals surface area (Å²) in [7, 11) is 0. The van der Waals surface area contributed by atoms with Crippen LogP contribution in [-0.2, 0) is 21.7 Å². The van der Waals surface area contributed by atoms with E-state index < -0.39 is 0 Å². The van der Waals surface area contributed by atoms with Crippen LogP contribution in [0.4, 0.5) is 0 Å². The first-order valence-electron chi connectivity index (χ1n) is 2.21. The van der Waals surface area contributed by atoms with E-state index in [9.17, 15) is 0 Å². The fraction of sp³-hybridized carbons (Fsp3) is 0.800. The van der Waals surface area contributed by atoms with Crippen molar-refractivity contribution in [2.75, 3.05) is 0 Å². The van der Waals surface area contributed by atoms with Gasteiger partial charge in [0.15, 0.2) is 0 Å². The number of hydrogen-bond acceptors (Lipinski definition) is 0. The average Bonchev–Trinajstić information content (AvgIpc) is 1.41. The molecule has 0 bridgehead atoms. The molecule has 1 heteroatoms.